The average molecular weight is 421 g/mol. The summed E-state index contributed by atoms with van der Waals surface area (Å²) in [6.07, 6.45) is 1.72. The summed E-state index contributed by atoms with van der Waals surface area (Å²) >= 11 is 12.2. The van der Waals surface area contributed by atoms with Crippen molar-refractivity contribution in [2.75, 3.05) is 19.7 Å². The van der Waals surface area contributed by atoms with Crippen LogP contribution in [0.4, 0.5) is 0 Å². The number of benzene rings is 2. The van der Waals surface area contributed by atoms with Crippen molar-refractivity contribution in [3.05, 3.63) is 63.6 Å². The number of nitrogens with one attached hydrogen (secondary N) is 1. The molecule has 150 valence electrons. The number of likely N-dealkylation sites (tertiary alicyclic amines) is 1. The van der Waals surface area contributed by atoms with Crippen LogP contribution in [0.1, 0.15) is 30.9 Å². The first kappa shape index (κ1) is 21.0. The zero-order valence-corrected chi connectivity index (χ0v) is 17.6. The van der Waals surface area contributed by atoms with Crippen LogP contribution in [0.2, 0.25) is 10.0 Å². The number of carbonyl (C=O) groups is 1. The molecule has 2 aromatic rings. The second kappa shape index (κ2) is 10.1. The molecule has 0 spiro atoms. The van der Waals surface area contributed by atoms with E-state index in [9.17, 15) is 4.79 Å². The fourth-order valence-corrected chi connectivity index (χ4v) is 3.92. The Bertz CT molecular complexity index is 788. The van der Waals surface area contributed by atoms with Crippen LogP contribution in [0.5, 0.6) is 5.75 Å². The van der Waals surface area contributed by atoms with Gasteiger partial charge in [-0.1, -0.05) is 41.4 Å². The van der Waals surface area contributed by atoms with Gasteiger partial charge in [-0.25, -0.2) is 0 Å². The van der Waals surface area contributed by atoms with Gasteiger partial charge in [0.25, 0.3) is 0 Å². The van der Waals surface area contributed by atoms with Gasteiger partial charge in [0.15, 0.2) is 0 Å². The van der Waals surface area contributed by atoms with Crippen molar-refractivity contribution >= 4 is 29.1 Å². The lowest BCUT2D eigenvalue weighted by Gasteiger charge is -2.31. The summed E-state index contributed by atoms with van der Waals surface area (Å²) in [4.78, 5) is 14.8. The number of rotatable bonds is 7. The van der Waals surface area contributed by atoms with E-state index in [0.717, 1.165) is 49.4 Å². The van der Waals surface area contributed by atoms with Gasteiger partial charge in [-0.3, -0.25) is 9.69 Å². The van der Waals surface area contributed by atoms with Gasteiger partial charge in [-0.2, -0.15) is 0 Å². The van der Waals surface area contributed by atoms with Crippen LogP contribution in [-0.4, -0.2) is 30.5 Å². The van der Waals surface area contributed by atoms with Crippen molar-refractivity contribution < 1.29 is 9.53 Å². The van der Waals surface area contributed by atoms with Crippen LogP contribution in [0.15, 0.2) is 42.5 Å². The zero-order chi connectivity index (χ0) is 19.9. The monoisotopic (exact) mass is 420 g/mol. The van der Waals surface area contributed by atoms with E-state index in [4.69, 9.17) is 27.9 Å². The summed E-state index contributed by atoms with van der Waals surface area (Å²) in [5.74, 6) is 1.06. The number of carbonyl (C=O) groups excluding carboxylic acids is 1. The molecule has 0 atom stereocenters. The first-order valence-corrected chi connectivity index (χ1v) is 10.5. The van der Waals surface area contributed by atoms with Gasteiger partial charge in [0, 0.05) is 29.1 Å². The Labute approximate surface area is 176 Å². The van der Waals surface area contributed by atoms with E-state index >= 15 is 0 Å². The maximum Gasteiger partial charge on any atom is 0.223 e. The number of piperidine rings is 1. The summed E-state index contributed by atoms with van der Waals surface area (Å²) in [5, 5.41) is 4.41. The number of ether oxygens (including phenoxy) is 1. The normalized spacial score (nSPS) is 15.4. The topological polar surface area (TPSA) is 41.6 Å². The molecule has 3 rings (SSSR count). The quantitative estimate of drug-likeness (QED) is 0.690. The molecule has 0 unspecified atom stereocenters. The Hall–Kier alpha value is -1.75. The third-order valence-corrected chi connectivity index (χ3v) is 5.66. The number of hydrogen-bond donors (Lipinski definition) is 1. The highest BCUT2D eigenvalue weighted by atomic mass is 35.5. The molecule has 1 amide bonds. The molecule has 1 N–H and O–H groups in total. The van der Waals surface area contributed by atoms with Crippen LogP contribution >= 0.6 is 23.2 Å². The van der Waals surface area contributed by atoms with Gasteiger partial charge in [0.2, 0.25) is 5.91 Å². The van der Waals surface area contributed by atoms with Crippen LogP contribution in [0.3, 0.4) is 0 Å². The smallest absolute Gasteiger partial charge is 0.223 e. The van der Waals surface area contributed by atoms with Crippen molar-refractivity contribution in [3.8, 4) is 5.75 Å². The molecule has 4 nitrogen and oxygen atoms in total. The zero-order valence-electron chi connectivity index (χ0n) is 16.1. The summed E-state index contributed by atoms with van der Waals surface area (Å²) < 4.78 is 5.44. The number of nitrogens with zero attached hydrogens (tertiary/aromatic N) is 1. The third-order valence-electron chi connectivity index (χ3n) is 5.07. The Morgan fingerprint density at radius 2 is 1.86 bits per heavy atom. The van der Waals surface area contributed by atoms with E-state index in [1.54, 1.807) is 6.07 Å². The molecule has 2 aromatic carbocycles. The molecule has 0 radical (unpaired) electrons. The Kier molecular flexibility index (Phi) is 7.60. The summed E-state index contributed by atoms with van der Waals surface area (Å²) in [5.41, 5.74) is 2.15. The standard InChI is InChI=1S/C22H26Cl2N2O2/c1-2-28-20-7-3-16(4-8-20)14-25-22(27)17-9-11-26(12-10-17)15-18-5-6-19(23)13-21(18)24/h3-8,13,17H,2,9-12,14-15H2,1H3,(H,25,27). The first-order chi connectivity index (χ1) is 13.5. The van der Waals surface area contributed by atoms with Gasteiger partial charge in [-0.05, 0) is 68.2 Å². The minimum atomic E-state index is 0.0691. The molecular formula is C22H26Cl2N2O2. The highest BCUT2D eigenvalue weighted by molar-refractivity contribution is 6.35. The second-order valence-electron chi connectivity index (χ2n) is 7.08. The molecule has 28 heavy (non-hydrogen) atoms. The number of amides is 1. The molecular weight excluding hydrogens is 395 g/mol. The highest BCUT2D eigenvalue weighted by Crippen LogP contribution is 2.25. The minimum Gasteiger partial charge on any atom is -0.494 e. The predicted octanol–water partition coefficient (Wildman–Crippen LogP) is 4.92. The maximum absolute atomic E-state index is 12.5. The van der Waals surface area contributed by atoms with Crippen molar-refractivity contribution in [2.45, 2.75) is 32.9 Å². The molecule has 1 aliphatic rings. The van der Waals surface area contributed by atoms with E-state index in [-0.39, 0.29) is 11.8 Å². The molecule has 0 bridgehead atoms. The lowest BCUT2D eigenvalue weighted by molar-refractivity contribution is -0.126. The van der Waals surface area contributed by atoms with Gasteiger partial charge in [0.1, 0.15) is 5.75 Å². The van der Waals surface area contributed by atoms with Gasteiger partial charge in [0.05, 0.1) is 6.61 Å². The molecule has 1 saturated heterocycles. The average Bonchev–Trinajstić information content (AvgIpc) is 2.70. The molecule has 0 aromatic heterocycles. The van der Waals surface area contributed by atoms with Gasteiger partial charge < -0.3 is 10.1 Å². The van der Waals surface area contributed by atoms with Crippen LogP contribution in [0.25, 0.3) is 0 Å². The van der Waals surface area contributed by atoms with E-state index in [0.29, 0.717) is 23.2 Å². The fourth-order valence-electron chi connectivity index (χ4n) is 3.45. The van der Waals surface area contributed by atoms with Crippen molar-refractivity contribution in [2.24, 2.45) is 5.92 Å². The summed E-state index contributed by atoms with van der Waals surface area (Å²) in [6, 6.07) is 13.5. The summed E-state index contributed by atoms with van der Waals surface area (Å²) in [7, 11) is 0. The molecule has 0 aliphatic carbocycles. The van der Waals surface area contributed by atoms with Crippen LogP contribution in [0, 0.1) is 5.92 Å². The van der Waals surface area contributed by atoms with E-state index in [1.807, 2.05) is 43.3 Å². The molecule has 0 saturated carbocycles. The maximum atomic E-state index is 12.5. The van der Waals surface area contributed by atoms with Crippen LogP contribution in [-0.2, 0) is 17.9 Å². The number of halogens is 2. The molecule has 1 aliphatic heterocycles. The first-order valence-electron chi connectivity index (χ1n) is 9.71. The lowest BCUT2D eigenvalue weighted by Crippen LogP contribution is -2.40. The lowest BCUT2D eigenvalue weighted by atomic mass is 9.95. The SMILES string of the molecule is CCOc1ccc(CNC(=O)C2CCN(Cc3ccc(Cl)cc3Cl)CC2)cc1. The molecule has 1 heterocycles. The molecule has 6 heteroatoms. The molecule has 1 fully saturated rings. The van der Waals surface area contributed by atoms with E-state index < -0.39 is 0 Å². The van der Waals surface area contributed by atoms with E-state index in [2.05, 4.69) is 10.2 Å². The van der Waals surface area contributed by atoms with Crippen molar-refractivity contribution in [1.29, 1.82) is 0 Å². The van der Waals surface area contributed by atoms with E-state index in [1.165, 1.54) is 0 Å². The predicted molar refractivity (Wildman–Crippen MR) is 114 cm³/mol. The Morgan fingerprint density at radius 3 is 2.50 bits per heavy atom. The van der Waals surface area contributed by atoms with Crippen molar-refractivity contribution in [3.63, 3.8) is 0 Å². The van der Waals surface area contributed by atoms with Crippen LogP contribution < -0.4 is 10.1 Å². The minimum absolute atomic E-state index is 0.0691. The highest BCUT2D eigenvalue weighted by Gasteiger charge is 2.25. The third kappa shape index (κ3) is 5.87. The summed E-state index contributed by atoms with van der Waals surface area (Å²) in [6.45, 7) is 5.73. The second-order valence-corrected chi connectivity index (χ2v) is 7.92. The largest absolute Gasteiger partial charge is 0.494 e. The fraction of sp³-hybridized carbons (Fsp3) is 0.409. The number of hydrogen-bond acceptors (Lipinski definition) is 3. The Balaban J connectivity index is 1.43. The van der Waals surface area contributed by atoms with Crippen molar-refractivity contribution in [1.82, 2.24) is 10.2 Å². The van der Waals surface area contributed by atoms with Gasteiger partial charge in [-0.15, -0.1) is 0 Å². The Morgan fingerprint density at radius 1 is 1.14 bits per heavy atom. The van der Waals surface area contributed by atoms with Gasteiger partial charge >= 0.3 is 0 Å².